The van der Waals surface area contributed by atoms with Crippen molar-refractivity contribution in [2.24, 2.45) is 0 Å². The molecular weight excluding hydrogens is 127 g/mol. The molecule has 4 heteroatoms. The summed E-state index contributed by atoms with van der Waals surface area (Å²) in [4.78, 5) is 0.396. The normalized spacial score (nSPS) is 8.29. The zero-order valence-corrected chi connectivity index (χ0v) is 5.96. The molecular formula is C3H7N2PS. The molecule has 0 aliphatic rings. The van der Waals surface area contributed by atoms with Gasteiger partial charge in [0.25, 0.3) is 0 Å². The summed E-state index contributed by atoms with van der Waals surface area (Å²) in [6, 6.07) is 0. The number of hydrogen-bond donors (Lipinski definition) is 2. The molecule has 2 N–H and O–H groups in total. The Labute approximate surface area is 49.3 Å². The van der Waals surface area contributed by atoms with Crippen LogP contribution in [0.15, 0.2) is 0 Å². The molecule has 0 radical (unpaired) electrons. The maximum Gasteiger partial charge on any atom is 0.0863 e. The van der Waals surface area contributed by atoms with Crippen LogP contribution in [0.5, 0.6) is 0 Å². The largest absolute Gasteiger partial charge is 0.298 e. The van der Waals surface area contributed by atoms with Gasteiger partial charge < -0.3 is 0 Å². The summed E-state index contributed by atoms with van der Waals surface area (Å²) in [5.74, 6) is 0. The Hall–Kier alpha value is 0.120. The lowest BCUT2D eigenvalue weighted by Gasteiger charge is -1.88. The van der Waals surface area contributed by atoms with Crippen LogP contribution in [0.25, 0.3) is 0 Å². The Morgan fingerprint density at radius 2 is 2.00 bits per heavy atom. The molecule has 40 valence electrons. The Balaban J connectivity index is 3.32. The first-order valence-electron chi connectivity index (χ1n) is 1.70. The van der Waals surface area contributed by atoms with E-state index in [4.69, 9.17) is 10.8 Å². The molecule has 0 aromatic heterocycles. The van der Waals surface area contributed by atoms with E-state index < -0.39 is 0 Å². The average Bonchev–Trinajstić information content (AvgIpc) is 1.27. The van der Waals surface area contributed by atoms with Crippen molar-refractivity contribution in [3.8, 4) is 0 Å². The van der Waals surface area contributed by atoms with Gasteiger partial charge in [0.05, 0.1) is 9.83 Å². The summed E-state index contributed by atoms with van der Waals surface area (Å²) in [6.07, 6.45) is 0. The number of rotatable bonds is 0. The molecule has 0 aliphatic carbocycles. The van der Waals surface area contributed by atoms with Gasteiger partial charge in [0, 0.05) is 0 Å². The van der Waals surface area contributed by atoms with E-state index in [1.165, 1.54) is 0 Å². The molecule has 1 unspecified atom stereocenters. The predicted molar refractivity (Wildman–Crippen MR) is 38.4 cm³/mol. The fourth-order valence-corrected chi connectivity index (χ4v) is 1.03. The van der Waals surface area contributed by atoms with Crippen molar-refractivity contribution in [1.82, 2.24) is 0 Å². The van der Waals surface area contributed by atoms with Crippen molar-refractivity contribution in [2.75, 3.05) is 0 Å². The van der Waals surface area contributed by atoms with Crippen molar-refractivity contribution in [2.45, 2.75) is 6.92 Å². The fraction of sp³-hybridized carbons (Fsp3) is 0.333. The molecule has 0 aromatic rings. The molecule has 0 saturated heterocycles. The minimum atomic E-state index is 0.396. The van der Waals surface area contributed by atoms with Gasteiger partial charge in [-0.2, -0.15) is 0 Å². The zero-order chi connectivity index (χ0) is 5.86. The highest BCUT2D eigenvalue weighted by Gasteiger charge is 1.87. The monoisotopic (exact) mass is 134 g/mol. The quantitative estimate of drug-likeness (QED) is 0.294. The molecule has 0 bridgehead atoms. The Kier molecular flexibility index (Phi) is 3.22. The van der Waals surface area contributed by atoms with Crippen LogP contribution >= 0.6 is 21.0 Å². The van der Waals surface area contributed by atoms with Crippen LogP contribution in [0.3, 0.4) is 0 Å². The van der Waals surface area contributed by atoms with E-state index in [0.29, 0.717) is 9.83 Å². The molecule has 1 atom stereocenters. The lowest BCUT2D eigenvalue weighted by atomic mass is 10.9. The van der Waals surface area contributed by atoms with Crippen LogP contribution in [0.1, 0.15) is 6.92 Å². The van der Waals surface area contributed by atoms with Gasteiger partial charge in [-0.25, -0.2) is 0 Å². The second-order valence-corrected chi connectivity index (χ2v) is 3.27. The van der Waals surface area contributed by atoms with E-state index in [9.17, 15) is 0 Å². The summed E-state index contributed by atoms with van der Waals surface area (Å²) >= 11 is 1.14. The van der Waals surface area contributed by atoms with Crippen LogP contribution in [0, 0.1) is 10.8 Å². The molecule has 0 heterocycles. The number of hydrogen-bond acceptors (Lipinski definition) is 3. The highest BCUT2D eigenvalue weighted by Crippen LogP contribution is 2.07. The lowest BCUT2D eigenvalue weighted by molar-refractivity contribution is 1.54. The van der Waals surface area contributed by atoms with Crippen LogP contribution in [0.4, 0.5) is 0 Å². The van der Waals surface area contributed by atoms with Gasteiger partial charge in [0.2, 0.25) is 0 Å². The van der Waals surface area contributed by atoms with Gasteiger partial charge in [-0.3, -0.25) is 10.8 Å². The maximum absolute atomic E-state index is 6.83. The van der Waals surface area contributed by atoms with Crippen LogP contribution < -0.4 is 0 Å². The Morgan fingerprint density at radius 1 is 1.57 bits per heavy atom. The third-order valence-electron chi connectivity index (χ3n) is 0.263. The molecule has 0 amide bonds. The van der Waals surface area contributed by atoms with Gasteiger partial charge in [0.15, 0.2) is 0 Å². The summed E-state index contributed by atoms with van der Waals surface area (Å²) < 4.78 is 0. The van der Waals surface area contributed by atoms with E-state index >= 15 is 0 Å². The van der Waals surface area contributed by atoms with E-state index in [0.717, 1.165) is 11.8 Å². The highest BCUT2D eigenvalue weighted by atomic mass is 32.2. The minimum absolute atomic E-state index is 0.396. The van der Waals surface area contributed by atoms with Crippen molar-refractivity contribution in [1.29, 1.82) is 10.8 Å². The molecule has 2 nitrogen and oxygen atoms in total. The smallest absolute Gasteiger partial charge is 0.0863 e. The molecule has 0 aliphatic heterocycles. The van der Waals surface area contributed by atoms with Crippen LogP contribution in [-0.2, 0) is 0 Å². The third-order valence-corrected chi connectivity index (χ3v) is 1.14. The van der Waals surface area contributed by atoms with E-state index in [1.807, 2.05) is 0 Å². The molecule has 7 heavy (non-hydrogen) atoms. The summed E-state index contributed by atoms with van der Waals surface area (Å²) in [6.45, 7) is 1.66. The first-order valence-corrected chi connectivity index (χ1v) is 3.09. The average molecular weight is 134 g/mol. The van der Waals surface area contributed by atoms with E-state index in [1.54, 1.807) is 6.92 Å². The third kappa shape index (κ3) is 6.12. The summed E-state index contributed by atoms with van der Waals surface area (Å²) in [7, 11) is 2.21. The second kappa shape index (κ2) is 3.16. The molecule has 0 rings (SSSR count). The van der Waals surface area contributed by atoms with Crippen LogP contribution in [-0.4, -0.2) is 9.83 Å². The van der Waals surface area contributed by atoms with Crippen molar-refractivity contribution in [3.05, 3.63) is 0 Å². The number of nitrogens with one attached hydrogen (secondary N) is 2. The standard InChI is InChI=1S/C3H7N2PS/c1-2(4)7-3(5)6/h4-5H,6H2,1H3. The van der Waals surface area contributed by atoms with Gasteiger partial charge >= 0.3 is 0 Å². The van der Waals surface area contributed by atoms with Gasteiger partial charge in [-0.05, 0) is 6.92 Å². The van der Waals surface area contributed by atoms with Crippen molar-refractivity contribution >= 4 is 30.8 Å². The molecule has 0 spiro atoms. The van der Waals surface area contributed by atoms with Gasteiger partial charge in [0.1, 0.15) is 0 Å². The minimum Gasteiger partial charge on any atom is -0.298 e. The molecule has 0 fully saturated rings. The lowest BCUT2D eigenvalue weighted by Crippen LogP contribution is -1.81. The van der Waals surface area contributed by atoms with Crippen molar-refractivity contribution in [3.63, 3.8) is 0 Å². The van der Waals surface area contributed by atoms with Gasteiger partial charge in [-0.15, -0.1) is 0 Å². The first kappa shape index (κ1) is 7.12. The first-order chi connectivity index (χ1) is 3.13. The summed E-state index contributed by atoms with van der Waals surface area (Å²) in [5.41, 5.74) is 0. The zero-order valence-electron chi connectivity index (χ0n) is 3.99. The maximum atomic E-state index is 6.83. The second-order valence-electron chi connectivity index (χ2n) is 1.02. The van der Waals surface area contributed by atoms with Crippen LogP contribution in [0.2, 0.25) is 0 Å². The summed E-state index contributed by atoms with van der Waals surface area (Å²) in [5, 5.41) is 14.1. The molecule has 0 saturated carbocycles. The van der Waals surface area contributed by atoms with E-state index in [-0.39, 0.29) is 0 Å². The highest BCUT2D eigenvalue weighted by molar-refractivity contribution is 8.32. The van der Waals surface area contributed by atoms with Crippen molar-refractivity contribution < 1.29 is 0 Å². The Bertz CT molecular complexity index is 89.1. The topological polar surface area (TPSA) is 47.7 Å². The SMILES string of the molecule is CC(=N)SC(=N)P. The molecule has 0 aromatic carbocycles. The number of thioether (sulfide) groups is 1. The fourth-order valence-electron chi connectivity index (χ4n) is 0.165. The van der Waals surface area contributed by atoms with Gasteiger partial charge in [-0.1, -0.05) is 21.0 Å². The van der Waals surface area contributed by atoms with E-state index in [2.05, 4.69) is 9.24 Å². The Morgan fingerprint density at radius 3 is 2.00 bits per heavy atom. The predicted octanol–water partition coefficient (Wildman–Crippen LogP) is 1.53.